The number of hydrogen-bond acceptors (Lipinski definition) is 7. The third-order valence-electron chi connectivity index (χ3n) is 6.81. The molecule has 0 spiro atoms. The molecule has 3 heterocycles. The number of nitrogen functional groups attached to an aromatic ring is 1. The lowest BCUT2D eigenvalue weighted by molar-refractivity contribution is -0.117. The van der Waals surface area contributed by atoms with Gasteiger partial charge in [-0.3, -0.25) is 9.59 Å². The average Bonchev–Trinajstić information content (AvgIpc) is 3.67. The third kappa shape index (κ3) is 3.73. The largest absolute Gasteiger partial charge is 0.495 e. The van der Waals surface area contributed by atoms with Crippen LogP contribution >= 0.6 is 0 Å². The molecule has 0 saturated heterocycles. The number of nitrogens with zero attached hydrogens (tertiary/aromatic N) is 3. The number of rotatable bonds is 5. The fraction of sp³-hybridized carbons (Fsp3) is 0.259. The second-order valence-corrected chi connectivity index (χ2v) is 9.12. The number of benzene rings is 2. The average molecular weight is 484 g/mol. The first kappa shape index (κ1) is 22.1. The van der Waals surface area contributed by atoms with E-state index in [4.69, 9.17) is 15.2 Å². The molecule has 4 aromatic rings. The fourth-order valence-corrected chi connectivity index (χ4v) is 4.83. The second-order valence-electron chi connectivity index (χ2n) is 9.12. The van der Waals surface area contributed by atoms with Crippen molar-refractivity contribution in [2.75, 3.05) is 24.8 Å². The molecular formula is C27H25N5O4. The maximum Gasteiger partial charge on any atom is 0.229 e. The van der Waals surface area contributed by atoms with Gasteiger partial charge in [0.2, 0.25) is 11.8 Å². The predicted octanol–water partition coefficient (Wildman–Crippen LogP) is 4.11. The van der Waals surface area contributed by atoms with Crippen molar-refractivity contribution in [1.82, 2.24) is 14.5 Å². The highest BCUT2D eigenvalue weighted by atomic mass is 16.5. The van der Waals surface area contributed by atoms with Crippen LogP contribution in [0.5, 0.6) is 11.6 Å². The molecule has 1 aliphatic heterocycles. The second kappa shape index (κ2) is 8.67. The normalized spacial score (nSPS) is 17.2. The van der Waals surface area contributed by atoms with Gasteiger partial charge in [0.15, 0.2) is 5.78 Å². The van der Waals surface area contributed by atoms with Crippen LogP contribution in [-0.2, 0) is 4.79 Å². The summed E-state index contributed by atoms with van der Waals surface area (Å²) in [6, 6.07) is 13.6. The molecule has 1 aliphatic carbocycles. The number of Topliss-reactive ketones (excluding diaryl/α,β-unsaturated/α-hetero) is 1. The number of nitrogens with one attached hydrogen (secondary N) is 1. The predicted molar refractivity (Wildman–Crippen MR) is 135 cm³/mol. The Hall–Kier alpha value is -4.40. The highest BCUT2D eigenvalue weighted by Crippen LogP contribution is 2.39. The highest BCUT2D eigenvalue weighted by Gasteiger charge is 2.33. The van der Waals surface area contributed by atoms with Crippen molar-refractivity contribution in [2.24, 2.45) is 5.92 Å². The number of aromatic nitrogens is 3. The van der Waals surface area contributed by atoms with E-state index in [9.17, 15) is 9.59 Å². The number of ketones is 1. The van der Waals surface area contributed by atoms with E-state index in [-0.39, 0.29) is 34.9 Å². The number of hydrogen-bond donors (Lipinski definition) is 2. The Bertz CT molecular complexity index is 1510. The topological polar surface area (TPSA) is 121 Å². The van der Waals surface area contributed by atoms with E-state index in [0.29, 0.717) is 24.5 Å². The Kier molecular flexibility index (Phi) is 5.32. The van der Waals surface area contributed by atoms with E-state index in [1.165, 1.54) is 6.33 Å². The minimum Gasteiger partial charge on any atom is -0.495 e. The molecule has 0 radical (unpaired) electrons. The molecule has 1 fully saturated rings. The van der Waals surface area contributed by atoms with Crippen LogP contribution in [0.3, 0.4) is 0 Å². The van der Waals surface area contributed by atoms with Crippen LogP contribution in [-0.4, -0.2) is 39.9 Å². The number of para-hydroxylation sites is 2. The minimum atomic E-state index is -0.518. The summed E-state index contributed by atoms with van der Waals surface area (Å²) < 4.78 is 13.3. The van der Waals surface area contributed by atoms with Crippen molar-refractivity contribution in [3.8, 4) is 17.3 Å². The van der Waals surface area contributed by atoms with Crippen molar-refractivity contribution < 1.29 is 19.1 Å². The number of methoxy groups -OCH3 is 1. The third-order valence-corrected chi connectivity index (χ3v) is 6.81. The zero-order valence-electron chi connectivity index (χ0n) is 19.7. The van der Waals surface area contributed by atoms with Gasteiger partial charge in [0, 0.05) is 17.5 Å². The number of carbonyl (C=O) groups excluding carboxylic acids is 2. The first-order valence-electron chi connectivity index (χ1n) is 11.9. The van der Waals surface area contributed by atoms with Crippen LogP contribution in [0.1, 0.15) is 41.1 Å². The Labute approximate surface area is 207 Å². The lowest BCUT2D eigenvalue weighted by Crippen LogP contribution is -2.17. The van der Waals surface area contributed by atoms with Crippen molar-refractivity contribution >= 4 is 34.1 Å². The number of fused-ring (bicyclic) bond motifs is 2. The Morgan fingerprint density at radius 1 is 1.17 bits per heavy atom. The quantitative estimate of drug-likeness (QED) is 0.438. The first-order valence-corrected chi connectivity index (χ1v) is 11.9. The van der Waals surface area contributed by atoms with E-state index < -0.39 is 5.92 Å². The standard InChI is InChI=1S/C27H25N5O4/c1-35-21-5-3-2-4-20(21)32-10-8-16-12-17(13-19(23(16)32)31-26(34)15-6-7-15)18-9-11-36-27-22(24(18)33)25(28)29-14-30-27/h2-5,8,10,12-15,18H,6-7,9,11H2,1H3,(H,31,34)(H2,28,29,30). The first-order chi connectivity index (χ1) is 17.5. The summed E-state index contributed by atoms with van der Waals surface area (Å²) in [6.07, 6.45) is 5.45. The number of nitrogens with two attached hydrogens (primary N) is 1. The summed E-state index contributed by atoms with van der Waals surface area (Å²) in [6.45, 7) is 0.309. The van der Waals surface area contributed by atoms with Gasteiger partial charge in [0.25, 0.3) is 0 Å². The maximum atomic E-state index is 13.6. The van der Waals surface area contributed by atoms with Crippen LogP contribution in [0, 0.1) is 5.92 Å². The van der Waals surface area contributed by atoms with Gasteiger partial charge in [-0.1, -0.05) is 12.1 Å². The molecule has 3 N–H and O–H groups in total. The Morgan fingerprint density at radius 2 is 2.00 bits per heavy atom. The van der Waals surface area contributed by atoms with Gasteiger partial charge in [0.1, 0.15) is 23.5 Å². The summed E-state index contributed by atoms with van der Waals surface area (Å²) in [4.78, 5) is 34.6. The number of anilines is 2. The molecule has 6 rings (SSSR count). The van der Waals surface area contributed by atoms with Gasteiger partial charge in [-0.2, -0.15) is 0 Å². The molecule has 0 bridgehead atoms. The van der Waals surface area contributed by atoms with Crippen LogP contribution < -0.4 is 20.5 Å². The van der Waals surface area contributed by atoms with E-state index in [1.54, 1.807) is 7.11 Å². The van der Waals surface area contributed by atoms with Gasteiger partial charge >= 0.3 is 0 Å². The molecule has 1 atom stereocenters. The molecule has 2 aliphatic rings. The molecule has 1 saturated carbocycles. The number of amides is 1. The molecule has 2 aromatic heterocycles. The van der Waals surface area contributed by atoms with E-state index >= 15 is 0 Å². The summed E-state index contributed by atoms with van der Waals surface area (Å²) in [5.41, 5.74) is 9.34. The molecule has 1 amide bonds. The van der Waals surface area contributed by atoms with Crippen LogP contribution in [0.25, 0.3) is 16.6 Å². The van der Waals surface area contributed by atoms with E-state index in [0.717, 1.165) is 35.0 Å². The summed E-state index contributed by atoms with van der Waals surface area (Å²) >= 11 is 0. The smallest absolute Gasteiger partial charge is 0.229 e. The Morgan fingerprint density at radius 3 is 2.81 bits per heavy atom. The molecule has 2 aromatic carbocycles. The summed E-state index contributed by atoms with van der Waals surface area (Å²) in [7, 11) is 1.63. The maximum absolute atomic E-state index is 13.6. The van der Waals surface area contributed by atoms with Gasteiger partial charge in [0.05, 0.1) is 36.5 Å². The zero-order valence-corrected chi connectivity index (χ0v) is 19.7. The van der Waals surface area contributed by atoms with Crippen LogP contribution in [0.2, 0.25) is 0 Å². The zero-order chi connectivity index (χ0) is 24.8. The lowest BCUT2D eigenvalue weighted by Gasteiger charge is -2.18. The summed E-state index contributed by atoms with van der Waals surface area (Å²) in [5, 5.41) is 4.02. The van der Waals surface area contributed by atoms with Gasteiger partial charge in [-0.15, -0.1) is 0 Å². The van der Waals surface area contributed by atoms with Gasteiger partial charge in [-0.25, -0.2) is 9.97 Å². The van der Waals surface area contributed by atoms with Crippen molar-refractivity contribution in [3.63, 3.8) is 0 Å². The van der Waals surface area contributed by atoms with Crippen molar-refractivity contribution in [2.45, 2.75) is 25.2 Å². The van der Waals surface area contributed by atoms with E-state index in [1.807, 2.05) is 53.2 Å². The van der Waals surface area contributed by atoms with Crippen LogP contribution in [0.4, 0.5) is 11.5 Å². The van der Waals surface area contributed by atoms with Crippen molar-refractivity contribution in [3.05, 3.63) is 66.1 Å². The SMILES string of the molecule is COc1ccccc1-n1ccc2cc(C3CCOc4ncnc(N)c4C3=O)cc(NC(=O)C3CC3)c21. The number of ether oxygens (including phenoxy) is 2. The van der Waals surface area contributed by atoms with Crippen LogP contribution in [0.15, 0.2) is 55.0 Å². The minimum absolute atomic E-state index is 0.0141. The molecule has 9 nitrogen and oxygen atoms in total. The monoisotopic (exact) mass is 483 g/mol. The lowest BCUT2D eigenvalue weighted by atomic mass is 9.88. The molecular weight excluding hydrogens is 458 g/mol. The van der Waals surface area contributed by atoms with Crippen molar-refractivity contribution in [1.29, 1.82) is 0 Å². The summed E-state index contributed by atoms with van der Waals surface area (Å²) in [5.74, 6) is 0.318. The molecule has 9 heteroatoms. The number of carbonyl (C=O) groups is 2. The molecule has 36 heavy (non-hydrogen) atoms. The molecule has 1 unspecified atom stereocenters. The van der Waals surface area contributed by atoms with E-state index in [2.05, 4.69) is 15.3 Å². The Balaban J connectivity index is 1.50. The fourth-order valence-electron chi connectivity index (χ4n) is 4.83. The van der Waals surface area contributed by atoms with Gasteiger partial charge in [-0.05, 0) is 55.2 Å². The molecule has 182 valence electrons. The van der Waals surface area contributed by atoms with Gasteiger partial charge < -0.3 is 25.1 Å². The highest BCUT2D eigenvalue weighted by molar-refractivity contribution is 6.08.